The topological polar surface area (TPSA) is 66.4 Å². The molecule has 1 aromatic carbocycles. The van der Waals surface area contributed by atoms with Gasteiger partial charge in [-0.15, -0.1) is 0 Å². The van der Waals surface area contributed by atoms with Crippen molar-refractivity contribution in [2.75, 3.05) is 0 Å². The second kappa shape index (κ2) is 7.05. The van der Waals surface area contributed by atoms with Gasteiger partial charge in [0.1, 0.15) is 0 Å². The summed E-state index contributed by atoms with van der Waals surface area (Å²) in [7, 11) is -3.51. The number of aliphatic hydroxyl groups is 1. The number of hydrogen-bond acceptors (Lipinski definition) is 3. The van der Waals surface area contributed by atoms with Crippen molar-refractivity contribution in [1.82, 2.24) is 4.72 Å². The molecule has 0 amide bonds. The molecule has 0 aliphatic carbocycles. The van der Waals surface area contributed by atoms with Gasteiger partial charge in [0, 0.05) is 16.5 Å². The minimum atomic E-state index is -3.51. The second-order valence-electron chi connectivity index (χ2n) is 4.50. The summed E-state index contributed by atoms with van der Waals surface area (Å²) < 4.78 is 26.0. The molecule has 0 saturated carbocycles. The molecule has 0 aliphatic rings. The molecular weight excluding hydrogens is 286 g/mol. The minimum absolute atomic E-state index is 0.320. The number of aliphatic hydroxyl groups excluding tert-OH is 1. The average molecular weight is 304 g/mol. The molecule has 0 aliphatic heterocycles. The van der Waals surface area contributed by atoms with Gasteiger partial charge in [-0.25, -0.2) is 13.1 Å². The number of hydrogen-bond donors (Lipinski definition) is 2. The summed E-state index contributed by atoms with van der Waals surface area (Å²) >= 11 is 5.74. The zero-order valence-corrected chi connectivity index (χ0v) is 12.4. The number of rotatable bonds is 6. The van der Waals surface area contributed by atoms with E-state index in [4.69, 9.17) is 11.6 Å². The third-order valence-corrected chi connectivity index (χ3v) is 3.85. The Labute approximate surface area is 119 Å². The smallest absolute Gasteiger partial charge is 0.233 e. The fourth-order valence-electron chi connectivity index (χ4n) is 1.62. The zero-order chi connectivity index (χ0) is 14.5. The van der Waals surface area contributed by atoms with Crippen LogP contribution in [0.4, 0.5) is 0 Å². The Morgan fingerprint density at radius 3 is 2.42 bits per heavy atom. The van der Waals surface area contributed by atoms with Crippen LogP contribution in [-0.2, 0) is 10.0 Å². The number of benzene rings is 1. The largest absolute Gasteiger partial charge is 0.393 e. The molecule has 4 nitrogen and oxygen atoms in total. The van der Waals surface area contributed by atoms with Crippen LogP contribution in [0.2, 0.25) is 5.02 Å². The SMILES string of the molecule is CC(O)CC(C)NS(=O)(=O)/C=C/c1ccc(Cl)cc1. The highest BCUT2D eigenvalue weighted by molar-refractivity contribution is 7.92. The predicted molar refractivity (Wildman–Crippen MR) is 78.3 cm³/mol. The van der Waals surface area contributed by atoms with Crippen molar-refractivity contribution in [3.63, 3.8) is 0 Å². The van der Waals surface area contributed by atoms with Gasteiger partial charge in [0.15, 0.2) is 0 Å². The molecule has 106 valence electrons. The van der Waals surface area contributed by atoms with E-state index in [1.807, 2.05) is 0 Å². The van der Waals surface area contributed by atoms with Crippen LogP contribution in [-0.4, -0.2) is 25.7 Å². The Hall–Kier alpha value is -0.880. The van der Waals surface area contributed by atoms with E-state index in [1.165, 1.54) is 6.08 Å². The van der Waals surface area contributed by atoms with Crippen molar-refractivity contribution in [3.05, 3.63) is 40.3 Å². The lowest BCUT2D eigenvalue weighted by Gasteiger charge is -2.13. The fraction of sp³-hybridized carbons (Fsp3) is 0.385. The maximum atomic E-state index is 11.8. The van der Waals surface area contributed by atoms with E-state index in [0.717, 1.165) is 11.0 Å². The second-order valence-corrected chi connectivity index (χ2v) is 6.54. The standard InChI is InChI=1S/C13H18ClNO3S/c1-10(9-11(2)16)15-19(17,18)8-7-12-3-5-13(14)6-4-12/h3-8,10-11,15-16H,9H2,1-2H3/b8-7+. The molecule has 2 N–H and O–H groups in total. The molecule has 0 heterocycles. The highest BCUT2D eigenvalue weighted by Crippen LogP contribution is 2.11. The number of nitrogens with one attached hydrogen (secondary N) is 1. The summed E-state index contributed by atoms with van der Waals surface area (Å²) in [5.41, 5.74) is 0.748. The van der Waals surface area contributed by atoms with Gasteiger partial charge in [-0.2, -0.15) is 0 Å². The van der Waals surface area contributed by atoms with Gasteiger partial charge < -0.3 is 5.11 Å². The number of halogens is 1. The molecule has 0 saturated heterocycles. The van der Waals surface area contributed by atoms with Crippen LogP contribution in [0.5, 0.6) is 0 Å². The Balaban J connectivity index is 2.66. The molecule has 0 fully saturated rings. The predicted octanol–water partition coefficient (Wildman–Crippen LogP) is 2.39. The maximum absolute atomic E-state index is 11.8. The molecular formula is C13H18ClNO3S. The van der Waals surface area contributed by atoms with Crippen LogP contribution in [0, 0.1) is 0 Å². The maximum Gasteiger partial charge on any atom is 0.233 e. The van der Waals surface area contributed by atoms with Gasteiger partial charge in [0.25, 0.3) is 0 Å². The Bertz CT molecular complexity index is 523. The van der Waals surface area contributed by atoms with Crippen molar-refractivity contribution < 1.29 is 13.5 Å². The van der Waals surface area contributed by atoms with Gasteiger partial charge in [0.2, 0.25) is 10.0 Å². The third kappa shape index (κ3) is 6.73. The van der Waals surface area contributed by atoms with Gasteiger partial charge >= 0.3 is 0 Å². The van der Waals surface area contributed by atoms with Gasteiger partial charge in [-0.1, -0.05) is 23.7 Å². The van der Waals surface area contributed by atoms with Crippen molar-refractivity contribution in [2.24, 2.45) is 0 Å². The molecule has 2 unspecified atom stereocenters. The quantitative estimate of drug-likeness (QED) is 0.848. The van der Waals surface area contributed by atoms with Crippen molar-refractivity contribution >= 4 is 27.7 Å². The highest BCUT2D eigenvalue weighted by atomic mass is 35.5. The molecule has 0 aromatic heterocycles. The van der Waals surface area contributed by atoms with Crippen LogP contribution in [0.15, 0.2) is 29.7 Å². The summed E-state index contributed by atoms with van der Waals surface area (Å²) in [4.78, 5) is 0. The van der Waals surface area contributed by atoms with E-state index in [2.05, 4.69) is 4.72 Å². The van der Waals surface area contributed by atoms with Crippen LogP contribution < -0.4 is 4.72 Å². The Kier molecular flexibility index (Phi) is 6.00. The number of sulfonamides is 1. The summed E-state index contributed by atoms with van der Waals surface area (Å²) in [5, 5.41) is 10.9. The molecule has 2 atom stereocenters. The molecule has 0 bridgehead atoms. The van der Waals surface area contributed by atoms with Crippen molar-refractivity contribution in [2.45, 2.75) is 32.4 Å². The minimum Gasteiger partial charge on any atom is -0.393 e. The molecule has 1 rings (SSSR count). The van der Waals surface area contributed by atoms with Crippen molar-refractivity contribution in [3.8, 4) is 0 Å². The van der Waals surface area contributed by atoms with Gasteiger partial charge in [0.05, 0.1) is 6.10 Å². The van der Waals surface area contributed by atoms with E-state index in [-0.39, 0.29) is 6.04 Å². The normalized spacial score (nSPS) is 15.6. The molecule has 1 aromatic rings. The molecule has 6 heteroatoms. The third-order valence-electron chi connectivity index (χ3n) is 2.37. The molecule has 0 spiro atoms. The Morgan fingerprint density at radius 1 is 1.32 bits per heavy atom. The van der Waals surface area contributed by atoms with E-state index < -0.39 is 16.1 Å². The highest BCUT2D eigenvalue weighted by Gasteiger charge is 2.12. The summed E-state index contributed by atoms with van der Waals surface area (Å²) in [6, 6.07) is 6.52. The van der Waals surface area contributed by atoms with Crippen LogP contribution in [0.3, 0.4) is 0 Å². The van der Waals surface area contributed by atoms with Crippen LogP contribution in [0.1, 0.15) is 25.8 Å². The van der Waals surface area contributed by atoms with Crippen LogP contribution in [0.25, 0.3) is 6.08 Å². The molecule has 19 heavy (non-hydrogen) atoms. The first-order chi connectivity index (χ1) is 8.78. The first-order valence-corrected chi connectivity index (χ1v) is 7.85. The summed E-state index contributed by atoms with van der Waals surface area (Å²) in [6.45, 7) is 3.33. The van der Waals surface area contributed by atoms with Gasteiger partial charge in [-0.05, 0) is 44.0 Å². The van der Waals surface area contributed by atoms with E-state index >= 15 is 0 Å². The first-order valence-electron chi connectivity index (χ1n) is 5.92. The fourth-order valence-corrected chi connectivity index (χ4v) is 2.82. The average Bonchev–Trinajstić information content (AvgIpc) is 2.26. The zero-order valence-electron chi connectivity index (χ0n) is 10.9. The van der Waals surface area contributed by atoms with E-state index in [9.17, 15) is 13.5 Å². The summed E-state index contributed by atoms with van der Waals surface area (Å²) in [5.74, 6) is 0. The molecule has 0 radical (unpaired) electrons. The summed E-state index contributed by atoms with van der Waals surface area (Å²) in [6.07, 6.45) is 1.32. The van der Waals surface area contributed by atoms with E-state index in [1.54, 1.807) is 38.1 Å². The Morgan fingerprint density at radius 2 is 1.89 bits per heavy atom. The lowest BCUT2D eigenvalue weighted by atomic mass is 10.2. The first kappa shape index (κ1) is 16.2. The van der Waals surface area contributed by atoms with E-state index in [0.29, 0.717) is 11.4 Å². The monoisotopic (exact) mass is 303 g/mol. The van der Waals surface area contributed by atoms with Crippen LogP contribution >= 0.6 is 11.6 Å². The lowest BCUT2D eigenvalue weighted by Crippen LogP contribution is -2.33. The van der Waals surface area contributed by atoms with Gasteiger partial charge in [-0.3, -0.25) is 0 Å². The van der Waals surface area contributed by atoms with Crippen molar-refractivity contribution in [1.29, 1.82) is 0 Å². The lowest BCUT2D eigenvalue weighted by molar-refractivity contribution is 0.175.